The van der Waals surface area contributed by atoms with Crippen LogP contribution in [0.25, 0.3) is 16.7 Å². The molecule has 0 bridgehead atoms. The number of nitrogens with one attached hydrogen (secondary N) is 1. The van der Waals surface area contributed by atoms with Crippen LogP contribution < -0.4 is 10.9 Å². The molecule has 2 heterocycles. The average molecular weight is 391 g/mol. The molecule has 4 aromatic rings. The summed E-state index contributed by atoms with van der Waals surface area (Å²) in [6, 6.07) is 15.8. The van der Waals surface area contributed by atoms with Crippen LogP contribution in [0, 0.1) is 5.82 Å². The fourth-order valence-electron chi connectivity index (χ4n) is 3.07. The summed E-state index contributed by atoms with van der Waals surface area (Å²) in [6.07, 6.45) is 3.15. The number of rotatable bonds is 6. The molecule has 0 radical (unpaired) electrons. The molecule has 0 aliphatic rings. The number of aromatic nitrogens is 4. The van der Waals surface area contributed by atoms with E-state index >= 15 is 0 Å². The molecular formula is C21H18FN5O2. The minimum Gasteiger partial charge on any atom is -0.354 e. The van der Waals surface area contributed by atoms with E-state index in [0.29, 0.717) is 23.0 Å². The second-order valence-corrected chi connectivity index (χ2v) is 6.50. The average Bonchev–Trinajstić information content (AvgIpc) is 3.17. The van der Waals surface area contributed by atoms with Crippen molar-refractivity contribution in [2.24, 2.45) is 0 Å². The van der Waals surface area contributed by atoms with Gasteiger partial charge in [0.05, 0.1) is 11.9 Å². The van der Waals surface area contributed by atoms with Crippen molar-refractivity contribution in [1.82, 2.24) is 24.6 Å². The molecule has 0 aliphatic heterocycles. The van der Waals surface area contributed by atoms with E-state index in [9.17, 15) is 14.0 Å². The largest absolute Gasteiger partial charge is 0.354 e. The molecule has 0 atom stereocenters. The number of hydrogen-bond acceptors (Lipinski definition) is 4. The second-order valence-electron chi connectivity index (χ2n) is 6.50. The van der Waals surface area contributed by atoms with Crippen molar-refractivity contribution >= 4 is 16.9 Å². The van der Waals surface area contributed by atoms with E-state index < -0.39 is 0 Å². The lowest BCUT2D eigenvalue weighted by Gasteiger charge is -2.08. The van der Waals surface area contributed by atoms with Crippen LogP contribution in [-0.2, 0) is 17.8 Å². The van der Waals surface area contributed by atoms with Gasteiger partial charge in [-0.15, -0.1) is 0 Å². The summed E-state index contributed by atoms with van der Waals surface area (Å²) in [5, 5.41) is 7.27. The molecule has 1 N–H and O–H groups in total. The quantitative estimate of drug-likeness (QED) is 0.546. The Labute approximate surface area is 165 Å². The molecule has 1 amide bonds. The molecule has 0 unspecified atom stereocenters. The molecule has 0 aliphatic carbocycles. The van der Waals surface area contributed by atoms with E-state index in [1.807, 2.05) is 30.3 Å². The van der Waals surface area contributed by atoms with Gasteiger partial charge in [-0.1, -0.05) is 36.4 Å². The molecule has 29 heavy (non-hydrogen) atoms. The van der Waals surface area contributed by atoms with Crippen molar-refractivity contribution in [2.75, 3.05) is 6.54 Å². The highest BCUT2D eigenvalue weighted by Gasteiger charge is 2.13. The highest BCUT2D eigenvalue weighted by Crippen LogP contribution is 2.13. The number of hydrogen-bond donors (Lipinski definition) is 1. The lowest BCUT2D eigenvalue weighted by atomic mass is 10.1. The molecule has 0 saturated heterocycles. The number of para-hydroxylation sites is 1. The maximum atomic E-state index is 13.6. The molecule has 0 spiro atoms. The summed E-state index contributed by atoms with van der Waals surface area (Å²) >= 11 is 0. The van der Waals surface area contributed by atoms with E-state index in [1.165, 1.54) is 23.2 Å². The Hall–Kier alpha value is -3.81. The number of carbonyl (C=O) groups is 1. The molecule has 8 heteroatoms. The van der Waals surface area contributed by atoms with Gasteiger partial charge in [-0.2, -0.15) is 5.10 Å². The van der Waals surface area contributed by atoms with Gasteiger partial charge in [0.1, 0.15) is 24.1 Å². The third-order valence-corrected chi connectivity index (χ3v) is 4.54. The van der Waals surface area contributed by atoms with Gasteiger partial charge in [-0.05, 0) is 30.2 Å². The number of carbonyl (C=O) groups excluding carboxylic acids is 1. The summed E-state index contributed by atoms with van der Waals surface area (Å²) in [6.45, 7) is 0.103. The van der Waals surface area contributed by atoms with Crippen LogP contribution in [0.5, 0.6) is 0 Å². The summed E-state index contributed by atoms with van der Waals surface area (Å²) in [5.74, 6) is -0.650. The third-order valence-electron chi connectivity index (χ3n) is 4.54. The number of benzene rings is 2. The Morgan fingerprint density at radius 2 is 1.83 bits per heavy atom. The molecule has 0 fully saturated rings. The lowest BCUT2D eigenvalue weighted by molar-refractivity contribution is -0.121. The summed E-state index contributed by atoms with van der Waals surface area (Å²) in [5.41, 5.74) is 1.40. The normalized spacial score (nSPS) is 10.9. The molecule has 7 nitrogen and oxygen atoms in total. The molecule has 0 saturated carbocycles. The van der Waals surface area contributed by atoms with E-state index in [4.69, 9.17) is 0 Å². The fraction of sp³-hybridized carbons (Fsp3) is 0.143. The monoisotopic (exact) mass is 391 g/mol. The fourth-order valence-corrected chi connectivity index (χ4v) is 3.07. The van der Waals surface area contributed by atoms with E-state index in [2.05, 4.69) is 15.4 Å². The summed E-state index contributed by atoms with van der Waals surface area (Å²) < 4.78 is 16.4. The van der Waals surface area contributed by atoms with Gasteiger partial charge in [0, 0.05) is 6.54 Å². The van der Waals surface area contributed by atoms with Crippen LogP contribution in [0.1, 0.15) is 5.56 Å². The second kappa shape index (κ2) is 8.05. The zero-order chi connectivity index (χ0) is 20.2. The summed E-state index contributed by atoms with van der Waals surface area (Å²) in [4.78, 5) is 29.2. The third kappa shape index (κ3) is 3.91. The van der Waals surface area contributed by atoms with Gasteiger partial charge in [-0.25, -0.2) is 14.1 Å². The van der Waals surface area contributed by atoms with E-state index in [1.54, 1.807) is 22.9 Å². The maximum absolute atomic E-state index is 13.6. The predicted molar refractivity (Wildman–Crippen MR) is 106 cm³/mol. The van der Waals surface area contributed by atoms with Gasteiger partial charge < -0.3 is 5.32 Å². The summed E-state index contributed by atoms with van der Waals surface area (Å²) in [7, 11) is 0. The van der Waals surface area contributed by atoms with E-state index in [0.717, 1.165) is 5.69 Å². The Morgan fingerprint density at radius 3 is 2.62 bits per heavy atom. The smallest absolute Gasteiger partial charge is 0.264 e. The first-order valence-corrected chi connectivity index (χ1v) is 9.12. The molecule has 2 aromatic carbocycles. The number of nitrogens with zero attached hydrogens (tertiary/aromatic N) is 4. The van der Waals surface area contributed by atoms with Crippen molar-refractivity contribution in [3.05, 3.63) is 88.9 Å². The Morgan fingerprint density at radius 1 is 1.07 bits per heavy atom. The van der Waals surface area contributed by atoms with Crippen LogP contribution >= 0.6 is 0 Å². The van der Waals surface area contributed by atoms with Crippen molar-refractivity contribution in [1.29, 1.82) is 0 Å². The SMILES string of the molecule is O=C(Cn1cnc2c(cnn2-c2ccccc2)c1=O)NCCc1ccccc1F. The van der Waals surface area contributed by atoms with Crippen LogP contribution in [0.2, 0.25) is 0 Å². The number of fused-ring (bicyclic) bond motifs is 1. The molecule has 4 rings (SSSR count). The van der Waals surface area contributed by atoms with E-state index in [-0.39, 0.29) is 30.4 Å². The predicted octanol–water partition coefficient (Wildman–Crippen LogP) is 2.08. The maximum Gasteiger partial charge on any atom is 0.264 e. The first-order valence-electron chi connectivity index (χ1n) is 9.12. The zero-order valence-electron chi connectivity index (χ0n) is 15.5. The highest BCUT2D eigenvalue weighted by molar-refractivity contribution is 5.77. The first-order chi connectivity index (χ1) is 14.1. The van der Waals surface area contributed by atoms with Gasteiger partial charge in [0.25, 0.3) is 5.56 Å². The number of amides is 1. The van der Waals surface area contributed by atoms with Crippen LogP contribution in [-0.4, -0.2) is 31.8 Å². The van der Waals surface area contributed by atoms with Gasteiger partial charge >= 0.3 is 0 Å². The lowest BCUT2D eigenvalue weighted by Crippen LogP contribution is -2.33. The van der Waals surface area contributed by atoms with Crippen LogP contribution in [0.15, 0.2) is 71.9 Å². The van der Waals surface area contributed by atoms with Crippen molar-refractivity contribution in [2.45, 2.75) is 13.0 Å². The topological polar surface area (TPSA) is 81.8 Å². The Kier molecular flexibility index (Phi) is 5.15. The molecule has 146 valence electrons. The first kappa shape index (κ1) is 18.5. The van der Waals surface area contributed by atoms with Crippen LogP contribution in [0.3, 0.4) is 0 Å². The number of halogens is 1. The Balaban J connectivity index is 1.46. The molecular weight excluding hydrogens is 373 g/mol. The minimum absolute atomic E-state index is 0.171. The van der Waals surface area contributed by atoms with Crippen LogP contribution in [0.4, 0.5) is 4.39 Å². The van der Waals surface area contributed by atoms with Gasteiger partial charge in [0.15, 0.2) is 5.65 Å². The minimum atomic E-state index is -0.347. The Bertz CT molecular complexity index is 1220. The highest BCUT2D eigenvalue weighted by atomic mass is 19.1. The van der Waals surface area contributed by atoms with Crippen molar-refractivity contribution in [3.63, 3.8) is 0 Å². The molecule has 2 aromatic heterocycles. The van der Waals surface area contributed by atoms with Gasteiger partial charge in [-0.3, -0.25) is 14.2 Å². The van der Waals surface area contributed by atoms with Crippen molar-refractivity contribution in [3.8, 4) is 5.69 Å². The van der Waals surface area contributed by atoms with Crippen molar-refractivity contribution < 1.29 is 9.18 Å². The zero-order valence-corrected chi connectivity index (χ0v) is 15.5. The van der Waals surface area contributed by atoms with Gasteiger partial charge in [0.2, 0.25) is 5.91 Å². The standard InChI is InChI=1S/C21H18FN5O2/c22-18-9-5-4-6-15(18)10-11-23-19(28)13-26-14-24-20-17(21(26)29)12-25-27(20)16-7-2-1-3-8-16/h1-9,12,14H,10-11,13H2,(H,23,28).